The summed E-state index contributed by atoms with van der Waals surface area (Å²) >= 11 is 1.06. The molecule has 2 rings (SSSR count). The smallest absolute Gasteiger partial charge is 0.244 e. The predicted molar refractivity (Wildman–Crippen MR) is 58.4 cm³/mol. The highest BCUT2D eigenvalue weighted by Crippen LogP contribution is 2.19. The Hall–Kier alpha value is -1.63. The number of rotatable bonds is 3. The number of aromatic nitrogens is 4. The van der Waals surface area contributed by atoms with Crippen LogP contribution in [0.1, 0.15) is 0 Å². The summed E-state index contributed by atoms with van der Waals surface area (Å²) in [4.78, 5) is 12.3. The van der Waals surface area contributed by atoms with E-state index in [0.29, 0.717) is 5.69 Å². The van der Waals surface area contributed by atoms with E-state index in [1.54, 1.807) is 24.3 Å². The topological polar surface area (TPSA) is 52.7 Å². The van der Waals surface area contributed by atoms with Gasteiger partial charge in [-0.1, -0.05) is 17.8 Å². The number of halogens is 1. The molecular formula is C9H9FN4OS. The molecule has 0 aliphatic carbocycles. The summed E-state index contributed by atoms with van der Waals surface area (Å²) in [5, 5.41) is 7.31. The molecule has 0 saturated carbocycles. The second kappa shape index (κ2) is 4.48. The lowest BCUT2D eigenvalue weighted by Gasteiger charge is -2.00. The molecule has 0 atom stereocenters. The quantitative estimate of drug-likeness (QED) is 0.751. The van der Waals surface area contributed by atoms with Gasteiger partial charge in [-0.15, -0.1) is 0 Å². The van der Waals surface area contributed by atoms with Gasteiger partial charge in [-0.2, -0.15) is 9.36 Å². The van der Waals surface area contributed by atoms with Gasteiger partial charge in [-0.3, -0.25) is 0 Å². The number of tetrazole rings is 1. The standard InChI is InChI=1S/C9H9FN4OS/c1-13-9(15)14(12-11-13)7-3-2-4-8(5-7)16-6-10/h2-5H,6H2,1H3. The van der Waals surface area contributed by atoms with E-state index < -0.39 is 6.01 Å². The predicted octanol–water partition coefficient (Wildman–Crippen LogP) is 0.985. The van der Waals surface area contributed by atoms with Crippen LogP contribution in [0.25, 0.3) is 5.69 Å². The van der Waals surface area contributed by atoms with Crippen molar-refractivity contribution in [2.24, 2.45) is 7.05 Å². The number of hydrogen-bond donors (Lipinski definition) is 0. The van der Waals surface area contributed by atoms with Gasteiger partial charge >= 0.3 is 5.69 Å². The van der Waals surface area contributed by atoms with E-state index in [4.69, 9.17) is 0 Å². The van der Waals surface area contributed by atoms with Crippen LogP contribution in [0.2, 0.25) is 0 Å². The molecular weight excluding hydrogens is 231 g/mol. The molecule has 84 valence electrons. The fourth-order valence-corrected chi connectivity index (χ4v) is 1.75. The van der Waals surface area contributed by atoms with Gasteiger partial charge in [-0.05, 0) is 28.6 Å². The van der Waals surface area contributed by atoms with E-state index in [0.717, 1.165) is 21.3 Å². The van der Waals surface area contributed by atoms with Gasteiger partial charge in [0.15, 0.2) is 0 Å². The van der Waals surface area contributed by atoms with E-state index in [1.165, 1.54) is 11.7 Å². The minimum atomic E-state index is -0.501. The van der Waals surface area contributed by atoms with Crippen molar-refractivity contribution in [2.45, 2.75) is 4.90 Å². The summed E-state index contributed by atoms with van der Waals surface area (Å²) < 4.78 is 14.5. The van der Waals surface area contributed by atoms with Gasteiger partial charge in [0.25, 0.3) is 0 Å². The number of aryl methyl sites for hydroxylation is 1. The van der Waals surface area contributed by atoms with Crippen molar-refractivity contribution in [3.05, 3.63) is 34.7 Å². The molecule has 0 radical (unpaired) electrons. The Balaban J connectivity index is 2.44. The molecule has 0 aliphatic rings. The first-order valence-corrected chi connectivity index (χ1v) is 5.49. The van der Waals surface area contributed by atoms with Crippen molar-refractivity contribution in [2.75, 3.05) is 6.01 Å². The van der Waals surface area contributed by atoms with Gasteiger partial charge in [0.1, 0.15) is 6.01 Å². The van der Waals surface area contributed by atoms with Crippen molar-refractivity contribution in [3.63, 3.8) is 0 Å². The Morgan fingerprint density at radius 3 is 2.88 bits per heavy atom. The van der Waals surface area contributed by atoms with Crippen molar-refractivity contribution in [1.82, 2.24) is 19.8 Å². The minimum absolute atomic E-state index is 0.331. The molecule has 2 aromatic rings. The Bertz CT molecular complexity index is 550. The van der Waals surface area contributed by atoms with Crippen LogP contribution in [-0.2, 0) is 7.05 Å². The summed E-state index contributed by atoms with van der Waals surface area (Å²) in [7, 11) is 1.52. The minimum Gasteiger partial charge on any atom is -0.244 e. The van der Waals surface area contributed by atoms with Crippen molar-refractivity contribution < 1.29 is 4.39 Å². The highest BCUT2D eigenvalue weighted by Gasteiger charge is 2.06. The molecule has 0 unspecified atom stereocenters. The van der Waals surface area contributed by atoms with E-state index in [1.807, 2.05) is 0 Å². The van der Waals surface area contributed by atoms with E-state index in [-0.39, 0.29) is 5.69 Å². The van der Waals surface area contributed by atoms with Crippen LogP contribution in [0, 0.1) is 0 Å². The van der Waals surface area contributed by atoms with Gasteiger partial charge in [-0.25, -0.2) is 9.18 Å². The molecule has 0 saturated heterocycles. The lowest BCUT2D eigenvalue weighted by Crippen LogP contribution is -2.21. The van der Waals surface area contributed by atoms with Crippen molar-refractivity contribution in [1.29, 1.82) is 0 Å². The van der Waals surface area contributed by atoms with Gasteiger partial charge < -0.3 is 0 Å². The Morgan fingerprint density at radius 1 is 1.44 bits per heavy atom. The summed E-state index contributed by atoms with van der Waals surface area (Å²) in [5.74, 6) is 0. The van der Waals surface area contributed by atoms with Crippen LogP contribution in [-0.4, -0.2) is 25.8 Å². The lowest BCUT2D eigenvalue weighted by atomic mass is 10.3. The van der Waals surface area contributed by atoms with E-state index in [9.17, 15) is 9.18 Å². The molecule has 16 heavy (non-hydrogen) atoms. The molecule has 0 bridgehead atoms. The second-order valence-corrected chi connectivity index (χ2v) is 4.03. The third-order valence-electron chi connectivity index (χ3n) is 2.01. The fourth-order valence-electron chi connectivity index (χ4n) is 1.24. The first kappa shape index (κ1) is 10.9. The molecule has 0 fully saturated rings. The van der Waals surface area contributed by atoms with E-state index >= 15 is 0 Å². The molecule has 0 spiro atoms. The maximum Gasteiger partial charge on any atom is 0.368 e. The van der Waals surface area contributed by atoms with Crippen LogP contribution in [0.5, 0.6) is 0 Å². The van der Waals surface area contributed by atoms with Gasteiger partial charge in [0, 0.05) is 11.9 Å². The molecule has 7 heteroatoms. The molecule has 1 heterocycles. The third kappa shape index (κ3) is 1.99. The van der Waals surface area contributed by atoms with Crippen LogP contribution >= 0.6 is 11.8 Å². The zero-order valence-corrected chi connectivity index (χ0v) is 9.32. The van der Waals surface area contributed by atoms with Gasteiger partial charge in [0.05, 0.1) is 5.69 Å². The number of hydrogen-bond acceptors (Lipinski definition) is 4. The average molecular weight is 240 g/mol. The highest BCUT2D eigenvalue weighted by atomic mass is 32.2. The maximum atomic E-state index is 12.2. The molecule has 0 aliphatic heterocycles. The third-order valence-corrected chi connectivity index (χ3v) is 2.70. The zero-order valence-electron chi connectivity index (χ0n) is 8.50. The number of nitrogens with zero attached hydrogens (tertiary/aromatic N) is 4. The maximum absolute atomic E-state index is 12.2. The largest absolute Gasteiger partial charge is 0.368 e. The monoisotopic (exact) mass is 240 g/mol. The Kier molecular flexibility index (Phi) is 3.04. The summed E-state index contributed by atoms with van der Waals surface area (Å²) in [6.45, 7) is 0. The van der Waals surface area contributed by atoms with Crippen LogP contribution in [0.3, 0.4) is 0 Å². The van der Waals surface area contributed by atoms with Crippen molar-refractivity contribution in [3.8, 4) is 5.69 Å². The van der Waals surface area contributed by atoms with Crippen LogP contribution in [0.4, 0.5) is 4.39 Å². The van der Waals surface area contributed by atoms with Crippen LogP contribution < -0.4 is 5.69 Å². The molecule has 1 aromatic heterocycles. The first-order chi connectivity index (χ1) is 7.72. The zero-order chi connectivity index (χ0) is 11.5. The second-order valence-electron chi connectivity index (χ2n) is 3.05. The lowest BCUT2D eigenvalue weighted by molar-refractivity contribution is 0.605. The summed E-state index contributed by atoms with van der Waals surface area (Å²) in [5.41, 5.74) is 0.249. The van der Waals surface area contributed by atoms with E-state index in [2.05, 4.69) is 10.4 Å². The Morgan fingerprint density at radius 2 is 2.25 bits per heavy atom. The SMILES string of the molecule is Cn1nnn(-c2cccc(SCF)c2)c1=O. The number of benzene rings is 1. The summed E-state index contributed by atoms with van der Waals surface area (Å²) in [6.07, 6.45) is 0. The summed E-state index contributed by atoms with van der Waals surface area (Å²) in [6, 6.07) is 6.43. The molecule has 0 N–H and O–H groups in total. The number of alkyl halides is 1. The Labute approximate surface area is 94.9 Å². The van der Waals surface area contributed by atoms with Gasteiger partial charge in [0.2, 0.25) is 0 Å². The van der Waals surface area contributed by atoms with Crippen molar-refractivity contribution >= 4 is 11.8 Å². The number of thioether (sulfide) groups is 1. The normalized spacial score (nSPS) is 10.6. The first-order valence-electron chi connectivity index (χ1n) is 4.50. The van der Waals surface area contributed by atoms with Crippen LogP contribution in [0.15, 0.2) is 34.0 Å². The highest BCUT2D eigenvalue weighted by molar-refractivity contribution is 7.99. The fraction of sp³-hybridized carbons (Fsp3) is 0.222. The average Bonchev–Trinajstić information content (AvgIpc) is 2.61. The molecule has 5 nitrogen and oxygen atoms in total. The molecule has 0 amide bonds. The molecule has 1 aromatic carbocycles.